The van der Waals surface area contributed by atoms with Gasteiger partial charge in [0.25, 0.3) is 0 Å². The van der Waals surface area contributed by atoms with Gasteiger partial charge in [0, 0.05) is 29.7 Å². The third kappa shape index (κ3) is 4.99. The minimum Gasteiger partial charge on any atom is -0.497 e. The summed E-state index contributed by atoms with van der Waals surface area (Å²) in [5, 5.41) is 3.20. The summed E-state index contributed by atoms with van der Waals surface area (Å²) in [6.45, 7) is 3.93. The van der Waals surface area contributed by atoms with Crippen LogP contribution in [0.25, 0.3) is 0 Å². The molecule has 0 saturated heterocycles. The van der Waals surface area contributed by atoms with Gasteiger partial charge in [0.15, 0.2) is 11.5 Å². The maximum absolute atomic E-state index is 13.9. The van der Waals surface area contributed by atoms with Crippen LogP contribution in [0.3, 0.4) is 0 Å². The molecule has 0 unspecified atom stereocenters. The minimum atomic E-state index is -3.77. The topological polar surface area (TPSA) is 102 Å². The molecule has 0 radical (unpaired) electrons. The lowest BCUT2D eigenvalue weighted by Crippen LogP contribution is -2.47. The molecule has 3 aliphatic heterocycles. The van der Waals surface area contributed by atoms with Crippen LogP contribution in [0.4, 0.5) is 8.78 Å². The Bertz CT molecular complexity index is 1360. The molecule has 1 N–H and O–H groups in total. The van der Waals surface area contributed by atoms with Crippen molar-refractivity contribution in [1.82, 2.24) is 5.32 Å². The summed E-state index contributed by atoms with van der Waals surface area (Å²) >= 11 is 0. The van der Waals surface area contributed by atoms with Crippen molar-refractivity contribution in [3.63, 3.8) is 0 Å². The second-order valence-electron chi connectivity index (χ2n) is 11.3. The Hall–Kier alpha value is -3.76. The summed E-state index contributed by atoms with van der Waals surface area (Å²) in [5.41, 5.74) is 0.124. The molecular formula is C30H33F2NO8. The Morgan fingerprint density at radius 2 is 1.76 bits per heavy atom. The number of methoxy groups -OCH3 is 1. The van der Waals surface area contributed by atoms with Gasteiger partial charge in [-0.05, 0) is 63.6 Å². The van der Waals surface area contributed by atoms with Gasteiger partial charge in [-0.3, -0.25) is 9.59 Å². The van der Waals surface area contributed by atoms with E-state index in [1.165, 1.54) is 12.1 Å². The third-order valence-electron chi connectivity index (χ3n) is 8.68. The fourth-order valence-corrected chi connectivity index (χ4v) is 6.35. The first-order chi connectivity index (χ1) is 19.6. The molecule has 41 heavy (non-hydrogen) atoms. The fourth-order valence-electron chi connectivity index (χ4n) is 6.35. The normalized spacial score (nSPS) is 28.9. The third-order valence-corrected chi connectivity index (χ3v) is 8.68. The first kappa shape index (κ1) is 27.4. The smallest absolute Gasteiger partial charge is 0.497 e. The van der Waals surface area contributed by atoms with Crippen LogP contribution in [0.2, 0.25) is 0 Å². The molecule has 1 amide bonds. The molecule has 0 bridgehead atoms. The number of benzene rings is 2. The van der Waals surface area contributed by atoms with Gasteiger partial charge in [-0.1, -0.05) is 0 Å². The van der Waals surface area contributed by atoms with Crippen LogP contribution in [0.1, 0.15) is 63.1 Å². The van der Waals surface area contributed by atoms with Gasteiger partial charge >= 0.3 is 12.3 Å². The predicted molar refractivity (Wildman–Crippen MR) is 140 cm³/mol. The van der Waals surface area contributed by atoms with E-state index < -0.39 is 11.7 Å². The average Bonchev–Trinajstić information content (AvgIpc) is 3.45. The number of hydrogen-bond donors (Lipinski definition) is 1. The molecule has 220 valence electrons. The second kappa shape index (κ2) is 10.3. The van der Waals surface area contributed by atoms with Crippen molar-refractivity contribution in [2.24, 2.45) is 11.8 Å². The Morgan fingerprint density at radius 3 is 2.46 bits per heavy atom. The molecule has 1 fully saturated rings. The number of halogens is 2. The molecular weight excluding hydrogens is 540 g/mol. The van der Waals surface area contributed by atoms with E-state index in [-0.39, 0.29) is 54.0 Å². The highest BCUT2D eigenvalue weighted by Crippen LogP contribution is 2.50. The number of nitrogens with one attached hydrogen (secondary N) is 1. The molecule has 2 aromatic carbocycles. The van der Waals surface area contributed by atoms with Crippen molar-refractivity contribution in [2.75, 3.05) is 20.3 Å². The highest BCUT2D eigenvalue weighted by molar-refractivity contribution is 5.90. The summed E-state index contributed by atoms with van der Waals surface area (Å²) in [7, 11) is 1.58. The van der Waals surface area contributed by atoms with Crippen LogP contribution in [0, 0.1) is 11.8 Å². The number of rotatable bonds is 6. The maximum atomic E-state index is 13.9. The molecule has 0 aromatic heterocycles. The molecule has 2 aromatic rings. The summed E-state index contributed by atoms with van der Waals surface area (Å²) in [5.74, 6) is 0.954. The van der Waals surface area contributed by atoms with E-state index in [0.717, 1.165) is 31.2 Å². The first-order valence-electron chi connectivity index (χ1n) is 14.0. The van der Waals surface area contributed by atoms with Crippen molar-refractivity contribution >= 4 is 11.9 Å². The van der Waals surface area contributed by atoms with Gasteiger partial charge in [0.05, 0.1) is 25.7 Å². The number of ether oxygens (including phenoxy) is 6. The van der Waals surface area contributed by atoms with Crippen molar-refractivity contribution in [1.29, 1.82) is 0 Å². The lowest BCUT2D eigenvalue weighted by Gasteiger charge is -2.40. The van der Waals surface area contributed by atoms with Crippen molar-refractivity contribution in [2.45, 2.75) is 69.8 Å². The standard InChI is InChI=1S/C30H33F2NO8/c1-4-37-27(34)17-7-5-16(6-8-17)22-13-21(19-10-9-18(36-3)11-23(19)39-22)33-28(35)29(2)15-38-24-14-26-25(12-20(24)29)40-30(31,32)41-26/h9-12,14,16-17,21-22H,4-8,13,15H2,1-3H3,(H,33,35)/t16-,17-,21-,22-,29-/m0/s1. The van der Waals surface area contributed by atoms with Gasteiger partial charge in [0.2, 0.25) is 5.91 Å². The maximum Gasteiger partial charge on any atom is 0.586 e. The molecule has 11 heteroatoms. The van der Waals surface area contributed by atoms with E-state index in [1.807, 2.05) is 25.1 Å². The van der Waals surface area contributed by atoms with Gasteiger partial charge in [-0.15, -0.1) is 8.78 Å². The van der Waals surface area contributed by atoms with E-state index in [0.29, 0.717) is 35.8 Å². The molecule has 1 saturated carbocycles. The zero-order valence-corrected chi connectivity index (χ0v) is 23.2. The van der Waals surface area contributed by atoms with Gasteiger partial charge < -0.3 is 33.7 Å². The predicted octanol–water partition coefficient (Wildman–Crippen LogP) is 5.04. The van der Waals surface area contributed by atoms with Gasteiger partial charge in [-0.25, -0.2) is 0 Å². The summed E-state index contributed by atoms with van der Waals surface area (Å²) in [6.07, 6.45) is -0.335. The van der Waals surface area contributed by atoms with Crippen LogP contribution >= 0.6 is 0 Å². The number of fused-ring (bicyclic) bond motifs is 3. The van der Waals surface area contributed by atoms with Gasteiger partial charge in [-0.2, -0.15) is 0 Å². The Kier molecular flexibility index (Phi) is 6.86. The van der Waals surface area contributed by atoms with Crippen LogP contribution in [-0.2, 0) is 19.7 Å². The minimum absolute atomic E-state index is 0.0352. The largest absolute Gasteiger partial charge is 0.586 e. The molecule has 6 rings (SSSR count). The van der Waals surface area contributed by atoms with E-state index in [1.54, 1.807) is 14.0 Å². The lowest BCUT2D eigenvalue weighted by molar-refractivity contribution is -0.286. The zero-order valence-electron chi connectivity index (χ0n) is 23.2. The molecule has 9 nitrogen and oxygen atoms in total. The highest BCUT2D eigenvalue weighted by Gasteiger charge is 2.49. The summed E-state index contributed by atoms with van der Waals surface area (Å²) < 4.78 is 59.3. The molecule has 3 heterocycles. The number of hydrogen-bond acceptors (Lipinski definition) is 8. The van der Waals surface area contributed by atoms with Crippen LogP contribution in [0.5, 0.6) is 28.7 Å². The average molecular weight is 574 g/mol. The summed E-state index contributed by atoms with van der Waals surface area (Å²) in [6, 6.07) is 7.89. The first-order valence-corrected chi connectivity index (χ1v) is 14.0. The van der Waals surface area contributed by atoms with Crippen molar-refractivity contribution < 1.29 is 46.8 Å². The number of carbonyl (C=O) groups excluding carboxylic acids is 2. The second-order valence-corrected chi connectivity index (χ2v) is 11.3. The zero-order chi connectivity index (χ0) is 28.9. The number of alkyl halides is 2. The Balaban J connectivity index is 1.22. The fraction of sp³-hybridized carbons (Fsp3) is 0.533. The van der Waals surface area contributed by atoms with E-state index in [4.69, 9.17) is 18.9 Å². The number of amides is 1. The van der Waals surface area contributed by atoms with Crippen LogP contribution in [-0.4, -0.2) is 44.6 Å². The molecule has 3 atom stereocenters. The highest BCUT2D eigenvalue weighted by atomic mass is 19.3. The molecule has 0 spiro atoms. The van der Waals surface area contributed by atoms with Gasteiger partial charge in [0.1, 0.15) is 35.4 Å². The van der Waals surface area contributed by atoms with E-state index in [9.17, 15) is 18.4 Å². The quantitative estimate of drug-likeness (QED) is 0.480. The van der Waals surface area contributed by atoms with Crippen molar-refractivity contribution in [3.05, 3.63) is 41.5 Å². The van der Waals surface area contributed by atoms with Crippen molar-refractivity contribution in [3.8, 4) is 28.7 Å². The molecule has 1 aliphatic carbocycles. The number of esters is 1. The van der Waals surface area contributed by atoms with Crippen LogP contribution < -0.4 is 29.0 Å². The summed E-state index contributed by atoms with van der Waals surface area (Å²) in [4.78, 5) is 26.1. The van der Waals surface area contributed by atoms with Crippen LogP contribution in [0.15, 0.2) is 30.3 Å². The molecule has 4 aliphatic rings. The Morgan fingerprint density at radius 1 is 1.02 bits per heavy atom. The number of carbonyl (C=O) groups is 2. The SMILES string of the molecule is CCOC(=O)[C@H]1CC[C@H]([C@@H]2C[C@H](NC(=O)[C@@]3(C)COc4cc5c(cc43)OC(F)(F)O5)c3ccc(OC)cc3O2)CC1. The van der Waals surface area contributed by atoms with E-state index >= 15 is 0 Å². The monoisotopic (exact) mass is 573 g/mol. The Labute approximate surface area is 236 Å². The lowest BCUT2D eigenvalue weighted by atomic mass is 9.76. The van der Waals surface area contributed by atoms with E-state index in [2.05, 4.69) is 14.8 Å².